The summed E-state index contributed by atoms with van der Waals surface area (Å²) in [6, 6.07) is 35.4. The molecule has 7 rings (SSSR count). The second-order valence-electron chi connectivity index (χ2n) is 16.3. The summed E-state index contributed by atoms with van der Waals surface area (Å²) in [4.78, 5) is 21.8. The third kappa shape index (κ3) is 6.41. The Labute approximate surface area is 307 Å². The van der Waals surface area contributed by atoms with E-state index in [1.165, 1.54) is 18.2 Å². The van der Waals surface area contributed by atoms with Gasteiger partial charge in [0.2, 0.25) is 0 Å². The van der Waals surface area contributed by atoms with E-state index in [1.807, 2.05) is 73.1 Å². The van der Waals surface area contributed by atoms with Crippen molar-refractivity contribution in [1.29, 1.82) is 0 Å². The van der Waals surface area contributed by atoms with Gasteiger partial charge in [-0.15, -0.1) is 0 Å². The molecule has 1 aliphatic rings. The van der Waals surface area contributed by atoms with Gasteiger partial charge in [0.05, 0.1) is 24.1 Å². The van der Waals surface area contributed by atoms with E-state index in [0.717, 1.165) is 67.4 Å². The number of methoxy groups -OCH3 is 1. The van der Waals surface area contributed by atoms with Crippen LogP contribution in [0.1, 0.15) is 88.0 Å². The first-order chi connectivity index (χ1) is 24.6. The van der Waals surface area contributed by atoms with E-state index in [0.29, 0.717) is 5.56 Å². The van der Waals surface area contributed by atoms with Gasteiger partial charge in [-0.3, -0.25) is 9.97 Å². The van der Waals surface area contributed by atoms with E-state index in [-0.39, 0.29) is 16.8 Å². The van der Waals surface area contributed by atoms with Crippen molar-refractivity contribution in [3.05, 3.63) is 143 Å². The van der Waals surface area contributed by atoms with Gasteiger partial charge in [-0.05, 0) is 99.8 Å². The molecule has 52 heavy (non-hydrogen) atoms. The first-order valence-corrected chi connectivity index (χ1v) is 17.9. The molecule has 1 aliphatic heterocycles. The molecular formula is C47H46N2O3. The number of hydrogen-bond donors (Lipinski definition) is 0. The van der Waals surface area contributed by atoms with E-state index in [2.05, 4.69) is 97.9 Å². The van der Waals surface area contributed by atoms with E-state index in [9.17, 15) is 4.79 Å². The van der Waals surface area contributed by atoms with Crippen LogP contribution in [0.15, 0.2) is 116 Å². The van der Waals surface area contributed by atoms with E-state index in [1.54, 1.807) is 0 Å². The number of benzene rings is 4. The van der Waals surface area contributed by atoms with Gasteiger partial charge in [0.25, 0.3) is 0 Å². The van der Waals surface area contributed by atoms with Gasteiger partial charge >= 0.3 is 5.97 Å². The van der Waals surface area contributed by atoms with Crippen molar-refractivity contribution in [1.82, 2.24) is 9.97 Å². The molecule has 0 N–H and O–H groups in total. The molecule has 3 heterocycles. The summed E-state index contributed by atoms with van der Waals surface area (Å²) in [5.41, 5.74) is 12.4. The average Bonchev–Trinajstić information content (AvgIpc) is 3.13. The zero-order valence-electron chi connectivity index (χ0n) is 31.6. The molecule has 2 aromatic heterocycles. The van der Waals surface area contributed by atoms with Crippen molar-refractivity contribution >= 4 is 5.97 Å². The maximum Gasteiger partial charge on any atom is 0.337 e. The topological polar surface area (TPSA) is 61.3 Å². The lowest BCUT2D eigenvalue weighted by Crippen LogP contribution is -2.27. The summed E-state index contributed by atoms with van der Waals surface area (Å²) in [6.07, 6.45) is 3.66. The molecule has 6 aromatic rings. The van der Waals surface area contributed by atoms with Gasteiger partial charge in [0.15, 0.2) is 0 Å². The number of carbonyl (C=O) groups is 1. The monoisotopic (exact) mass is 686 g/mol. The lowest BCUT2D eigenvalue weighted by Gasteiger charge is -2.39. The number of nitrogens with zero attached hydrogens (tertiary/aromatic N) is 2. The zero-order valence-corrected chi connectivity index (χ0v) is 31.6. The average molecular weight is 687 g/mol. The molecule has 0 saturated carbocycles. The molecule has 5 nitrogen and oxygen atoms in total. The minimum Gasteiger partial charge on any atom is -0.465 e. The molecule has 262 valence electrons. The van der Waals surface area contributed by atoms with Crippen LogP contribution in [0.3, 0.4) is 0 Å². The Kier molecular flexibility index (Phi) is 8.65. The fourth-order valence-electron chi connectivity index (χ4n) is 7.00. The normalized spacial score (nSPS) is 13.5. The van der Waals surface area contributed by atoms with Crippen LogP contribution in [0.2, 0.25) is 0 Å². The van der Waals surface area contributed by atoms with Crippen LogP contribution in [0.4, 0.5) is 0 Å². The van der Waals surface area contributed by atoms with Crippen molar-refractivity contribution < 1.29 is 14.3 Å². The highest BCUT2D eigenvalue weighted by Gasteiger charge is 2.39. The minimum absolute atomic E-state index is 0.113. The van der Waals surface area contributed by atoms with Crippen LogP contribution in [-0.2, 0) is 21.0 Å². The van der Waals surface area contributed by atoms with Gasteiger partial charge in [0.1, 0.15) is 11.5 Å². The first-order valence-electron chi connectivity index (χ1n) is 17.9. The summed E-state index contributed by atoms with van der Waals surface area (Å²) >= 11 is 0. The largest absolute Gasteiger partial charge is 0.465 e. The third-order valence-electron chi connectivity index (χ3n) is 10.2. The van der Waals surface area contributed by atoms with E-state index in [4.69, 9.17) is 19.4 Å². The SMILES string of the molecule is COC(=O)c1ccc(-c2cc(C(C)(C)C)cc3c2Oc2c(-c4cc(-c5ccccn5)cc(-c5ccccn5)c4)cc(C(C)(C)C)cc2C3(C)C)cc1. The number of fused-ring (bicyclic) bond motifs is 2. The molecule has 4 aromatic carbocycles. The van der Waals surface area contributed by atoms with Crippen LogP contribution in [0.25, 0.3) is 44.8 Å². The van der Waals surface area contributed by atoms with Gasteiger partial charge in [-0.1, -0.05) is 91.8 Å². The van der Waals surface area contributed by atoms with Crippen molar-refractivity contribution in [2.75, 3.05) is 7.11 Å². The van der Waals surface area contributed by atoms with Crippen LogP contribution >= 0.6 is 0 Å². The minimum atomic E-state index is -0.413. The fourth-order valence-corrected chi connectivity index (χ4v) is 7.00. The van der Waals surface area contributed by atoms with Crippen LogP contribution in [-0.4, -0.2) is 23.0 Å². The summed E-state index contributed by atoms with van der Waals surface area (Å²) < 4.78 is 12.3. The van der Waals surface area contributed by atoms with Crippen LogP contribution in [0.5, 0.6) is 11.5 Å². The Hall–Kier alpha value is -5.55. The second-order valence-corrected chi connectivity index (χ2v) is 16.3. The molecule has 0 aliphatic carbocycles. The second kappa shape index (κ2) is 12.9. The Morgan fingerprint density at radius 1 is 0.596 bits per heavy atom. The Morgan fingerprint density at radius 2 is 1.06 bits per heavy atom. The van der Waals surface area contributed by atoms with Gasteiger partial charge in [-0.25, -0.2) is 4.79 Å². The molecule has 0 atom stereocenters. The smallest absolute Gasteiger partial charge is 0.337 e. The quantitative estimate of drug-likeness (QED) is 0.169. The highest BCUT2D eigenvalue weighted by Crippen LogP contribution is 2.56. The molecular weight excluding hydrogens is 641 g/mol. The summed E-state index contributed by atoms with van der Waals surface area (Å²) in [6.45, 7) is 18.1. The molecule has 0 spiro atoms. The highest BCUT2D eigenvalue weighted by atomic mass is 16.5. The zero-order chi connectivity index (χ0) is 37.0. The number of rotatable bonds is 5. The molecule has 5 heteroatoms. The standard InChI is InChI=1S/C47H46N2O3/c1-45(2,3)34-25-36(29-16-18-30(19-17-29)44(50)51-9)42-38(27-34)47(7,8)39-28-35(46(4,5)6)26-37(43(39)52-42)31-22-32(40-14-10-12-20-48-40)24-33(23-31)41-15-11-13-21-49-41/h10-28H,1-9H3. The Balaban J connectivity index is 1.51. The first kappa shape index (κ1) is 34.9. The summed E-state index contributed by atoms with van der Waals surface area (Å²) in [5.74, 6) is 1.30. The predicted octanol–water partition coefficient (Wildman–Crippen LogP) is 12.0. The summed E-state index contributed by atoms with van der Waals surface area (Å²) in [5, 5.41) is 0. The lowest BCUT2D eigenvalue weighted by atomic mass is 9.70. The molecule has 0 unspecified atom stereocenters. The van der Waals surface area contributed by atoms with Crippen molar-refractivity contribution in [2.45, 2.75) is 71.6 Å². The predicted molar refractivity (Wildman–Crippen MR) is 211 cm³/mol. The fraction of sp³-hybridized carbons (Fsp3) is 0.255. The molecule has 0 radical (unpaired) electrons. The highest BCUT2D eigenvalue weighted by molar-refractivity contribution is 5.91. The number of pyridine rings is 2. The molecule has 0 saturated heterocycles. The number of esters is 1. The van der Waals surface area contributed by atoms with Gasteiger partial charge < -0.3 is 9.47 Å². The lowest BCUT2D eigenvalue weighted by molar-refractivity contribution is 0.0600. The van der Waals surface area contributed by atoms with Crippen molar-refractivity contribution in [2.24, 2.45) is 0 Å². The number of hydrogen-bond acceptors (Lipinski definition) is 5. The van der Waals surface area contributed by atoms with E-state index >= 15 is 0 Å². The maximum atomic E-state index is 12.3. The summed E-state index contributed by atoms with van der Waals surface area (Å²) in [7, 11) is 1.40. The van der Waals surface area contributed by atoms with Crippen molar-refractivity contribution in [3.8, 4) is 56.3 Å². The van der Waals surface area contributed by atoms with Gasteiger partial charge in [-0.2, -0.15) is 0 Å². The molecule has 0 fully saturated rings. The molecule has 0 amide bonds. The number of carbonyl (C=O) groups excluding carboxylic acids is 1. The van der Waals surface area contributed by atoms with Crippen LogP contribution < -0.4 is 4.74 Å². The Morgan fingerprint density at radius 3 is 1.48 bits per heavy atom. The number of aromatic nitrogens is 2. The van der Waals surface area contributed by atoms with Crippen LogP contribution in [0, 0.1) is 0 Å². The van der Waals surface area contributed by atoms with Gasteiger partial charge in [0, 0.05) is 51.2 Å². The van der Waals surface area contributed by atoms with Crippen molar-refractivity contribution in [3.63, 3.8) is 0 Å². The third-order valence-corrected chi connectivity index (χ3v) is 10.2. The molecule has 0 bridgehead atoms. The van der Waals surface area contributed by atoms with E-state index < -0.39 is 5.41 Å². The number of ether oxygens (including phenoxy) is 2. The maximum absolute atomic E-state index is 12.3. The Bertz CT molecular complexity index is 2240.